The average molecular weight is 154 g/mol. The van der Waals surface area contributed by atoms with E-state index in [0.717, 1.165) is 13.1 Å². The van der Waals surface area contributed by atoms with Crippen molar-refractivity contribution in [1.82, 2.24) is 5.32 Å². The van der Waals surface area contributed by atoms with E-state index in [1.807, 2.05) is 0 Å². The van der Waals surface area contributed by atoms with E-state index in [9.17, 15) is 0 Å². The van der Waals surface area contributed by atoms with Crippen LogP contribution in [0.3, 0.4) is 0 Å². The van der Waals surface area contributed by atoms with Crippen molar-refractivity contribution in [3.8, 4) is 0 Å². The number of aliphatic hydroxyl groups excluding tert-OH is 2. The highest BCUT2D eigenvalue weighted by molar-refractivity contribution is 5.85. The Morgan fingerprint density at radius 1 is 1.56 bits per heavy atom. The van der Waals surface area contributed by atoms with E-state index < -0.39 is 6.10 Å². The van der Waals surface area contributed by atoms with Crippen molar-refractivity contribution >= 4 is 12.4 Å². The molecule has 0 aromatic heterocycles. The first-order chi connectivity index (χ1) is 3.84. The highest BCUT2D eigenvalue weighted by Crippen LogP contribution is 2.07. The molecule has 56 valence electrons. The molecule has 0 spiro atoms. The van der Waals surface area contributed by atoms with Gasteiger partial charge >= 0.3 is 0 Å². The van der Waals surface area contributed by atoms with E-state index in [4.69, 9.17) is 10.2 Å². The van der Waals surface area contributed by atoms with Crippen molar-refractivity contribution in [1.29, 1.82) is 0 Å². The van der Waals surface area contributed by atoms with Crippen molar-refractivity contribution < 1.29 is 10.2 Å². The standard InChI is InChI=1S/C5H11NO2.ClH/c7-3-5(8)4-1-6-2-4;/h4-8H,1-3H2;1H. The van der Waals surface area contributed by atoms with Gasteiger partial charge in [-0.2, -0.15) is 0 Å². The van der Waals surface area contributed by atoms with Crippen LogP contribution >= 0.6 is 12.4 Å². The Morgan fingerprint density at radius 2 is 2.11 bits per heavy atom. The lowest BCUT2D eigenvalue weighted by Crippen LogP contribution is -2.49. The van der Waals surface area contributed by atoms with E-state index in [1.165, 1.54) is 0 Å². The molecule has 1 heterocycles. The van der Waals surface area contributed by atoms with Gasteiger partial charge in [0.15, 0.2) is 0 Å². The summed E-state index contributed by atoms with van der Waals surface area (Å²) >= 11 is 0. The Hall–Kier alpha value is 0.170. The van der Waals surface area contributed by atoms with Gasteiger partial charge in [-0.3, -0.25) is 0 Å². The van der Waals surface area contributed by atoms with Crippen LogP contribution in [-0.2, 0) is 0 Å². The van der Waals surface area contributed by atoms with Gasteiger partial charge in [0.2, 0.25) is 0 Å². The van der Waals surface area contributed by atoms with Crippen LogP contribution in [0.2, 0.25) is 0 Å². The molecule has 0 bridgehead atoms. The Labute approximate surface area is 60.5 Å². The normalized spacial score (nSPS) is 22.0. The Bertz CT molecular complexity index is 74.6. The molecule has 1 aliphatic heterocycles. The van der Waals surface area contributed by atoms with Gasteiger partial charge in [0.05, 0.1) is 12.7 Å². The molecule has 1 aliphatic rings. The molecule has 1 rings (SSSR count). The van der Waals surface area contributed by atoms with Gasteiger partial charge < -0.3 is 15.5 Å². The van der Waals surface area contributed by atoms with Crippen molar-refractivity contribution in [2.24, 2.45) is 5.92 Å². The minimum Gasteiger partial charge on any atom is -0.394 e. The molecule has 3 N–H and O–H groups in total. The smallest absolute Gasteiger partial charge is 0.0823 e. The van der Waals surface area contributed by atoms with Crippen LogP contribution in [0.5, 0.6) is 0 Å². The van der Waals surface area contributed by atoms with Crippen LogP contribution in [0.1, 0.15) is 0 Å². The number of rotatable bonds is 2. The van der Waals surface area contributed by atoms with E-state index in [0.29, 0.717) is 5.92 Å². The molecule has 0 saturated carbocycles. The lowest BCUT2D eigenvalue weighted by atomic mass is 9.97. The number of halogens is 1. The SMILES string of the molecule is Cl.OCC(O)C1CNC1. The van der Waals surface area contributed by atoms with Gasteiger partial charge in [-0.1, -0.05) is 0 Å². The summed E-state index contributed by atoms with van der Waals surface area (Å²) in [5.41, 5.74) is 0. The van der Waals surface area contributed by atoms with E-state index in [2.05, 4.69) is 5.32 Å². The van der Waals surface area contributed by atoms with E-state index >= 15 is 0 Å². The molecule has 0 amide bonds. The molecule has 0 radical (unpaired) electrons. The molecular formula is C5H12ClNO2. The predicted molar refractivity (Wildman–Crippen MR) is 36.7 cm³/mol. The van der Waals surface area contributed by atoms with E-state index in [1.54, 1.807) is 0 Å². The van der Waals surface area contributed by atoms with Crippen molar-refractivity contribution in [2.75, 3.05) is 19.7 Å². The van der Waals surface area contributed by atoms with Gasteiger partial charge in [0.1, 0.15) is 0 Å². The summed E-state index contributed by atoms with van der Waals surface area (Å²) in [4.78, 5) is 0. The molecule has 9 heavy (non-hydrogen) atoms. The third kappa shape index (κ3) is 2.10. The summed E-state index contributed by atoms with van der Waals surface area (Å²) in [6.45, 7) is 1.59. The van der Waals surface area contributed by atoms with Gasteiger partial charge in [-0.25, -0.2) is 0 Å². The highest BCUT2D eigenvalue weighted by atomic mass is 35.5. The van der Waals surface area contributed by atoms with Crippen LogP contribution in [0.4, 0.5) is 0 Å². The quantitative estimate of drug-likeness (QED) is 0.476. The van der Waals surface area contributed by atoms with Gasteiger partial charge in [-0.15, -0.1) is 12.4 Å². The van der Waals surface area contributed by atoms with Crippen molar-refractivity contribution in [3.63, 3.8) is 0 Å². The lowest BCUT2D eigenvalue weighted by molar-refractivity contribution is 0.0267. The van der Waals surface area contributed by atoms with Gasteiger partial charge in [-0.05, 0) is 0 Å². The zero-order valence-electron chi connectivity index (χ0n) is 5.08. The van der Waals surface area contributed by atoms with Gasteiger partial charge in [0, 0.05) is 19.0 Å². The minimum absolute atomic E-state index is 0. The lowest BCUT2D eigenvalue weighted by Gasteiger charge is -2.30. The molecule has 0 aromatic carbocycles. The summed E-state index contributed by atoms with van der Waals surface area (Å²) in [6, 6.07) is 0. The van der Waals surface area contributed by atoms with Crippen molar-refractivity contribution in [2.45, 2.75) is 6.10 Å². The Kier molecular flexibility index (Phi) is 4.14. The zero-order chi connectivity index (χ0) is 5.98. The molecular weight excluding hydrogens is 142 g/mol. The van der Waals surface area contributed by atoms with Crippen molar-refractivity contribution in [3.05, 3.63) is 0 Å². The van der Waals surface area contributed by atoms with Gasteiger partial charge in [0.25, 0.3) is 0 Å². The number of nitrogens with one attached hydrogen (secondary N) is 1. The average Bonchev–Trinajstić information content (AvgIpc) is 1.62. The fourth-order valence-electron chi connectivity index (χ4n) is 0.732. The third-order valence-corrected chi connectivity index (χ3v) is 1.54. The summed E-state index contributed by atoms with van der Waals surface area (Å²) in [6.07, 6.45) is -0.503. The summed E-state index contributed by atoms with van der Waals surface area (Å²) < 4.78 is 0. The Balaban J connectivity index is 0.000000640. The molecule has 4 heteroatoms. The second kappa shape index (κ2) is 4.06. The molecule has 1 fully saturated rings. The molecule has 3 nitrogen and oxygen atoms in total. The first-order valence-electron chi connectivity index (χ1n) is 2.84. The second-order valence-corrected chi connectivity index (χ2v) is 2.17. The first kappa shape index (κ1) is 9.17. The summed E-state index contributed by atoms with van der Waals surface area (Å²) in [7, 11) is 0. The molecule has 1 unspecified atom stereocenters. The number of aliphatic hydroxyl groups is 2. The van der Waals surface area contributed by atoms with Crippen LogP contribution in [-0.4, -0.2) is 36.0 Å². The van der Waals surface area contributed by atoms with Crippen LogP contribution in [0.15, 0.2) is 0 Å². The van der Waals surface area contributed by atoms with Crippen LogP contribution < -0.4 is 5.32 Å². The topological polar surface area (TPSA) is 52.5 Å². The van der Waals surface area contributed by atoms with Crippen LogP contribution in [0, 0.1) is 5.92 Å². The highest BCUT2D eigenvalue weighted by Gasteiger charge is 2.23. The van der Waals surface area contributed by atoms with Crippen LogP contribution in [0.25, 0.3) is 0 Å². The monoisotopic (exact) mass is 153 g/mol. The summed E-state index contributed by atoms with van der Waals surface area (Å²) in [5, 5.41) is 20.3. The van der Waals surface area contributed by atoms with E-state index in [-0.39, 0.29) is 19.0 Å². The first-order valence-corrected chi connectivity index (χ1v) is 2.84. The maximum absolute atomic E-state index is 8.89. The maximum atomic E-state index is 8.89. The fourth-order valence-corrected chi connectivity index (χ4v) is 0.732. The fraction of sp³-hybridized carbons (Fsp3) is 1.00. The molecule has 0 aromatic rings. The maximum Gasteiger partial charge on any atom is 0.0823 e. The second-order valence-electron chi connectivity index (χ2n) is 2.17. The molecule has 1 saturated heterocycles. The number of hydrogen-bond donors (Lipinski definition) is 3. The predicted octanol–water partition coefficient (Wildman–Crippen LogP) is -1.02. The molecule has 1 atom stereocenters. The molecule has 0 aliphatic carbocycles. The summed E-state index contributed by atoms with van der Waals surface area (Å²) in [5.74, 6) is 0.292. The third-order valence-electron chi connectivity index (χ3n) is 1.54. The Morgan fingerprint density at radius 3 is 2.22 bits per heavy atom. The number of hydrogen-bond acceptors (Lipinski definition) is 3. The zero-order valence-corrected chi connectivity index (χ0v) is 5.90. The largest absolute Gasteiger partial charge is 0.394 e. The minimum atomic E-state index is -0.503.